The van der Waals surface area contributed by atoms with E-state index in [-0.39, 0.29) is 17.3 Å². The van der Waals surface area contributed by atoms with Crippen LogP contribution in [0, 0.1) is 0 Å². The van der Waals surface area contributed by atoms with Gasteiger partial charge in [0.15, 0.2) is 0 Å². The van der Waals surface area contributed by atoms with E-state index in [1.54, 1.807) is 25.1 Å². The van der Waals surface area contributed by atoms with Crippen LogP contribution in [0.3, 0.4) is 0 Å². The van der Waals surface area contributed by atoms with E-state index in [0.717, 1.165) is 0 Å². The lowest BCUT2D eigenvalue weighted by atomic mass is 10.2. The second-order valence-electron chi connectivity index (χ2n) is 3.15. The summed E-state index contributed by atoms with van der Waals surface area (Å²) in [5.41, 5.74) is 0.511. The van der Waals surface area contributed by atoms with E-state index in [4.69, 9.17) is 16.3 Å². The number of carbonyl (C=O) groups is 2. The molecule has 0 saturated heterocycles. The number of hydrogen-bond acceptors (Lipinski definition) is 3. The van der Waals surface area contributed by atoms with Crippen LogP contribution in [0.25, 0.3) is 5.03 Å². The molecule has 1 rings (SSSR count). The summed E-state index contributed by atoms with van der Waals surface area (Å²) in [5, 5.41) is 2.38. The molecule has 18 heavy (non-hydrogen) atoms. The van der Waals surface area contributed by atoms with E-state index in [2.05, 4.69) is 21.2 Å². The van der Waals surface area contributed by atoms with E-state index >= 15 is 0 Å². The number of amides is 1. The number of nitrogens with one attached hydrogen (secondary N) is 1. The lowest BCUT2D eigenvalue weighted by Crippen LogP contribution is -2.22. The van der Waals surface area contributed by atoms with Crippen LogP contribution in [0.4, 0.5) is 0 Å². The summed E-state index contributed by atoms with van der Waals surface area (Å²) >= 11 is 9.43. The van der Waals surface area contributed by atoms with Crippen molar-refractivity contribution in [2.45, 2.75) is 6.92 Å². The van der Waals surface area contributed by atoms with Crippen LogP contribution < -0.4 is 5.32 Å². The predicted octanol–water partition coefficient (Wildman–Crippen LogP) is 2.67. The Balaban J connectivity index is 3.23. The summed E-state index contributed by atoms with van der Waals surface area (Å²) in [5.74, 6) is -0.676. The van der Waals surface area contributed by atoms with Crippen LogP contribution in [0.2, 0.25) is 0 Å². The summed E-state index contributed by atoms with van der Waals surface area (Å²) in [6.45, 7) is 1.87. The fourth-order valence-electron chi connectivity index (χ4n) is 1.25. The van der Waals surface area contributed by atoms with Crippen molar-refractivity contribution in [1.82, 2.24) is 5.32 Å². The fraction of sp³-hybridized carbons (Fsp3) is 0.167. The van der Waals surface area contributed by atoms with Gasteiger partial charge in [0, 0.05) is 10.0 Å². The van der Waals surface area contributed by atoms with Gasteiger partial charge in [0.05, 0.1) is 11.6 Å². The first-order chi connectivity index (χ1) is 8.61. The third-order valence-corrected chi connectivity index (χ3v) is 3.10. The lowest BCUT2D eigenvalue weighted by molar-refractivity contribution is -0.139. The summed E-state index contributed by atoms with van der Waals surface area (Å²) in [6, 6.07) is 7.08. The molecule has 0 radical (unpaired) electrons. The molecule has 0 aromatic heterocycles. The first-order valence-electron chi connectivity index (χ1n) is 5.13. The third kappa shape index (κ3) is 3.58. The Labute approximate surface area is 118 Å². The van der Waals surface area contributed by atoms with Gasteiger partial charge in [-0.1, -0.05) is 45.7 Å². The van der Waals surface area contributed by atoms with E-state index in [9.17, 15) is 9.59 Å². The van der Waals surface area contributed by atoms with Gasteiger partial charge in [-0.25, -0.2) is 4.79 Å². The van der Waals surface area contributed by atoms with Gasteiger partial charge >= 0.3 is 5.97 Å². The number of halogens is 2. The largest absolute Gasteiger partial charge is 0.461 e. The zero-order valence-electron chi connectivity index (χ0n) is 9.57. The Morgan fingerprint density at radius 2 is 2.17 bits per heavy atom. The second kappa shape index (κ2) is 7.18. The van der Waals surface area contributed by atoms with Crippen molar-refractivity contribution in [3.05, 3.63) is 40.0 Å². The maximum absolute atomic E-state index is 11.7. The van der Waals surface area contributed by atoms with Gasteiger partial charge in [0.1, 0.15) is 5.70 Å². The number of benzene rings is 1. The van der Waals surface area contributed by atoms with Crippen molar-refractivity contribution < 1.29 is 14.3 Å². The third-order valence-electron chi connectivity index (χ3n) is 2.01. The smallest absolute Gasteiger partial charge is 0.356 e. The van der Waals surface area contributed by atoms with E-state index < -0.39 is 5.97 Å². The molecular weight excluding hydrogens is 321 g/mol. The fourth-order valence-corrected chi connectivity index (χ4v) is 2.14. The summed E-state index contributed by atoms with van der Waals surface area (Å²) < 4.78 is 5.53. The molecule has 0 aliphatic rings. The average Bonchev–Trinajstić information content (AvgIpc) is 2.36. The molecule has 1 amide bonds. The highest BCUT2D eigenvalue weighted by molar-refractivity contribution is 9.10. The molecule has 4 nitrogen and oxygen atoms in total. The molecule has 6 heteroatoms. The second-order valence-corrected chi connectivity index (χ2v) is 4.38. The highest BCUT2D eigenvalue weighted by atomic mass is 79.9. The Bertz CT molecular complexity index is 488. The minimum Gasteiger partial charge on any atom is -0.461 e. The maximum Gasteiger partial charge on any atom is 0.356 e. The topological polar surface area (TPSA) is 55.4 Å². The normalized spacial score (nSPS) is 11.5. The Kier molecular flexibility index (Phi) is 5.88. The van der Waals surface area contributed by atoms with E-state index in [0.29, 0.717) is 16.4 Å². The molecule has 0 aliphatic carbocycles. The molecule has 0 heterocycles. The number of rotatable bonds is 5. The zero-order chi connectivity index (χ0) is 13.5. The van der Waals surface area contributed by atoms with Crippen molar-refractivity contribution in [3.8, 4) is 0 Å². The van der Waals surface area contributed by atoms with Crippen LogP contribution in [0.5, 0.6) is 0 Å². The summed E-state index contributed by atoms with van der Waals surface area (Å²) in [7, 11) is 0. The molecule has 0 bridgehead atoms. The number of carbonyl (C=O) groups excluding carboxylic acids is 2. The predicted molar refractivity (Wildman–Crippen MR) is 72.7 cm³/mol. The minimum atomic E-state index is -0.676. The average molecular weight is 333 g/mol. The molecular formula is C12H11BrClNO3. The monoisotopic (exact) mass is 331 g/mol. The molecule has 96 valence electrons. The van der Waals surface area contributed by atoms with Crippen LogP contribution >= 0.6 is 27.5 Å². The minimum absolute atomic E-state index is 0.0829. The van der Waals surface area contributed by atoms with Gasteiger partial charge in [0.25, 0.3) is 0 Å². The summed E-state index contributed by atoms with van der Waals surface area (Å²) in [6.07, 6.45) is 0.380. The van der Waals surface area contributed by atoms with Crippen molar-refractivity contribution in [1.29, 1.82) is 0 Å². The number of ether oxygens (including phenoxy) is 1. The lowest BCUT2D eigenvalue weighted by Gasteiger charge is -2.09. The highest BCUT2D eigenvalue weighted by Crippen LogP contribution is 2.29. The zero-order valence-corrected chi connectivity index (χ0v) is 11.9. The molecule has 0 fully saturated rings. The molecule has 0 saturated carbocycles. The van der Waals surface area contributed by atoms with Crippen LogP contribution in [-0.4, -0.2) is 19.0 Å². The Morgan fingerprint density at radius 1 is 1.50 bits per heavy atom. The molecule has 0 atom stereocenters. The first-order valence-corrected chi connectivity index (χ1v) is 6.30. The maximum atomic E-state index is 11.7. The summed E-state index contributed by atoms with van der Waals surface area (Å²) in [4.78, 5) is 22.2. The molecule has 1 N–H and O–H groups in total. The van der Waals surface area contributed by atoms with Crippen molar-refractivity contribution >= 4 is 44.9 Å². The standard InChI is InChI=1S/C12H11BrClNO3/c1-2-18-12(17)11(15-7-16)10(14)8-5-3-4-6-9(8)13/h3-7H,2H2,1H3,(H,15,16). The van der Waals surface area contributed by atoms with Crippen LogP contribution in [-0.2, 0) is 14.3 Å². The Morgan fingerprint density at radius 3 is 2.72 bits per heavy atom. The van der Waals surface area contributed by atoms with Gasteiger partial charge in [0.2, 0.25) is 6.41 Å². The van der Waals surface area contributed by atoms with Gasteiger partial charge in [-0.05, 0) is 13.0 Å². The van der Waals surface area contributed by atoms with Crippen molar-refractivity contribution in [2.75, 3.05) is 6.61 Å². The van der Waals surface area contributed by atoms with Gasteiger partial charge in [-0.15, -0.1) is 0 Å². The molecule has 0 aliphatic heterocycles. The Hall–Kier alpha value is -1.33. The van der Waals surface area contributed by atoms with Gasteiger partial charge < -0.3 is 10.1 Å². The number of esters is 1. The van der Waals surface area contributed by atoms with Crippen LogP contribution in [0.1, 0.15) is 12.5 Å². The molecule has 1 aromatic rings. The van der Waals surface area contributed by atoms with Gasteiger partial charge in [-0.3, -0.25) is 4.79 Å². The molecule has 1 aromatic carbocycles. The molecule has 0 spiro atoms. The van der Waals surface area contributed by atoms with Gasteiger partial charge in [-0.2, -0.15) is 0 Å². The van der Waals surface area contributed by atoms with E-state index in [1.165, 1.54) is 0 Å². The first kappa shape index (κ1) is 14.7. The SMILES string of the molecule is CCOC(=O)C(NC=O)=C(Cl)c1ccccc1Br. The molecule has 0 unspecified atom stereocenters. The number of hydrogen-bond donors (Lipinski definition) is 1. The quantitative estimate of drug-likeness (QED) is 0.512. The van der Waals surface area contributed by atoms with Crippen molar-refractivity contribution in [2.24, 2.45) is 0 Å². The van der Waals surface area contributed by atoms with Crippen molar-refractivity contribution in [3.63, 3.8) is 0 Å². The highest BCUT2D eigenvalue weighted by Gasteiger charge is 2.17. The van der Waals surface area contributed by atoms with Crippen LogP contribution in [0.15, 0.2) is 34.4 Å². The van der Waals surface area contributed by atoms with E-state index in [1.807, 2.05) is 6.07 Å².